The summed E-state index contributed by atoms with van der Waals surface area (Å²) in [6.45, 7) is 4.82. The number of nitrogens with zero attached hydrogens (tertiary/aromatic N) is 4. The number of aromatic nitrogens is 3. The highest BCUT2D eigenvalue weighted by atomic mass is 16.2. The number of imide groups is 1. The van der Waals surface area contributed by atoms with Crippen LogP contribution in [0.15, 0.2) is 18.5 Å². The first kappa shape index (κ1) is 15.6. The summed E-state index contributed by atoms with van der Waals surface area (Å²) in [4.78, 5) is 41.9. The van der Waals surface area contributed by atoms with Gasteiger partial charge in [-0.25, -0.2) is 14.3 Å². The summed E-state index contributed by atoms with van der Waals surface area (Å²) in [6, 6.07) is 1.21. The van der Waals surface area contributed by atoms with Crippen molar-refractivity contribution in [2.75, 3.05) is 18.0 Å². The topological polar surface area (TPSA) is 109 Å². The molecular formula is C16H18N6O3. The fraction of sp³-hybridized carbons (Fsp3) is 0.438. The van der Waals surface area contributed by atoms with Crippen LogP contribution in [0.3, 0.4) is 0 Å². The third kappa shape index (κ3) is 2.61. The maximum Gasteiger partial charge on any atom is 0.321 e. The predicted octanol–water partition coefficient (Wildman–Crippen LogP) is 0.415. The molecule has 130 valence electrons. The molecule has 0 aromatic carbocycles. The number of amides is 4. The number of urea groups is 1. The zero-order chi connectivity index (χ0) is 17.8. The van der Waals surface area contributed by atoms with E-state index in [0.717, 1.165) is 0 Å². The van der Waals surface area contributed by atoms with Gasteiger partial charge in [0.15, 0.2) is 5.65 Å². The molecule has 0 bridgehead atoms. The predicted molar refractivity (Wildman–Crippen MR) is 88.0 cm³/mol. The highest BCUT2D eigenvalue weighted by Gasteiger charge is 2.38. The Hall–Kier alpha value is -2.97. The SMILES string of the molecule is CC1(C)CC(=O)N(c2cc(C3CNC(=O)NC3=O)nn3ccnc23)C1. The molecule has 9 nitrogen and oxygen atoms in total. The number of imidazole rings is 1. The van der Waals surface area contributed by atoms with Crippen molar-refractivity contribution in [1.82, 2.24) is 25.2 Å². The molecule has 4 rings (SSSR count). The van der Waals surface area contributed by atoms with Gasteiger partial charge in [-0.15, -0.1) is 0 Å². The molecule has 2 saturated heterocycles. The van der Waals surface area contributed by atoms with Gasteiger partial charge >= 0.3 is 6.03 Å². The lowest BCUT2D eigenvalue weighted by Gasteiger charge is -2.24. The number of hydrogen-bond acceptors (Lipinski definition) is 5. The average molecular weight is 342 g/mol. The lowest BCUT2D eigenvalue weighted by Crippen LogP contribution is -2.51. The van der Waals surface area contributed by atoms with Crippen LogP contribution >= 0.6 is 0 Å². The van der Waals surface area contributed by atoms with Gasteiger partial charge in [-0.2, -0.15) is 5.10 Å². The lowest BCUT2D eigenvalue weighted by atomic mass is 9.93. The van der Waals surface area contributed by atoms with Crippen LogP contribution in [0.4, 0.5) is 10.5 Å². The highest BCUT2D eigenvalue weighted by molar-refractivity contribution is 6.01. The average Bonchev–Trinajstić information content (AvgIpc) is 3.09. The van der Waals surface area contributed by atoms with E-state index in [4.69, 9.17) is 0 Å². The third-order valence-corrected chi connectivity index (χ3v) is 4.54. The summed E-state index contributed by atoms with van der Waals surface area (Å²) in [5, 5.41) is 9.28. The third-order valence-electron chi connectivity index (χ3n) is 4.54. The van der Waals surface area contributed by atoms with Gasteiger partial charge in [0.05, 0.1) is 17.3 Å². The molecule has 0 saturated carbocycles. The first-order chi connectivity index (χ1) is 11.8. The largest absolute Gasteiger partial charge is 0.337 e. The van der Waals surface area contributed by atoms with E-state index in [2.05, 4.69) is 20.7 Å². The van der Waals surface area contributed by atoms with Gasteiger partial charge < -0.3 is 10.2 Å². The summed E-state index contributed by atoms with van der Waals surface area (Å²) >= 11 is 0. The van der Waals surface area contributed by atoms with Gasteiger partial charge in [0.2, 0.25) is 11.8 Å². The second kappa shape index (κ2) is 5.27. The van der Waals surface area contributed by atoms with Crippen molar-refractivity contribution >= 4 is 29.2 Å². The van der Waals surface area contributed by atoms with Gasteiger partial charge in [-0.1, -0.05) is 13.8 Å². The van der Waals surface area contributed by atoms with Gasteiger partial charge in [0.1, 0.15) is 0 Å². The second-order valence-corrected chi connectivity index (χ2v) is 7.22. The molecule has 2 aliphatic rings. The summed E-state index contributed by atoms with van der Waals surface area (Å²) in [7, 11) is 0. The zero-order valence-corrected chi connectivity index (χ0v) is 13.9. The van der Waals surface area contributed by atoms with Crippen LogP contribution in [-0.2, 0) is 9.59 Å². The fourth-order valence-corrected chi connectivity index (χ4v) is 3.35. The molecule has 2 aromatic heterocycles. The lowest BCUT2D eigenvalue weighted by molar-refractivity contribution is -0.122. The Morgan fingerprint density at radius 2 is 2.08 bits per heavy atom. The van der Waals surface area contributed by atoms with E-state index in [9.17, 15) is 14.4 Å². The molecule has 0 aliphatic carbocycles. The molecule has 0 radical (unpaired) electrons. The molecule has 0 spiro atoms. The summed E-state index contributed by atoms with van der Waals surface area (Å²) < 4.78 is 1.56. The standard InChI is InChI=1S/C16H18N6O3/c1-16(2)6-12(23)21(8-16)11-5-10(20-22-4-3-17-13(11)22)9-7-18-15(25)19-14(9)24/h3-5,9H,6-8H2,1-2H3,(H2,18,19,24,25). The van der Waals surface area contributed by atoms with Crippen LogP contribution in [0.1, 0.15) is 31.9 Å². The smallest absolute Gasteiger partial charge is 0.321 e. The molecule has 4 amide bonds. The van der Waals surface area contributed by atoms with Crippen LogP contribution < -0.4 is 15.5 Å². The monoisotopic (exact) mass is 342 g/mol. The van der Waals surface area contributed by atoms with Gasteiger partial charge in [0.25, 0.3) is 0 Å². The molecule has 2 aromatic rings. The Kier molecular flexibility index (Phi) is 3.28. The van der Waals surface area contributed by atoms with Crippen molar-refractivity contribution in [2.24, 2.45) is 5.41 Å². The van der Waals surface area contributed by atoms with E-state index in [1.54, 1.807) is 27.9 Å². The van der Waals surface area contributed by atoms with Crippen LogP contribution in [0.5, 0.6) is 0 Å². The van der Waals surface area contributed by atoms with E-state index >= 15 is 0 Å². The van der Waals surface area contributed by atoms with Crippen LogP contribution in [-0.4, -0.2) is 45.5 Å². The van der Waals surface area contributed by atoms with Crippen molar-refractivity contribution in [1.29, 1.82) is 0 Å². The molecule has 9 heteroatoms. The molecule has 2 fully saturated rings. The van der Waals surface area contributed by atoms with Gasteiger partial charge in [-0.3, -0.25) is 14.9 Å². The second-order valence-electron chi connectivity index (χ2n) is 7.22. The van der Waals surface area contributed by atoms with Crippen molar-refractivity contribution in [3.8, 4) is 0 Å². The first-order valence-corrected chi connectivity index (χ1v) is 8.07. The van der Waals surface area contributed by atoms with E-state index < -0.39 is 17.9 Å². The maximum absolute atomic E-state index is 12.5. The summed E-state index contributed by atoms with van der Waals surface area (Å²) in [5.41, 5.74) is 1.56. The number of anilines is 1. The van der Waals surface area contributed by atoms with Gasteiger partial charge in [-0.05, 0) is 11.5 Å². The highest BCUT2D eigenvalue weighted by Crippen LogP contribution is 2.35. The minimum absolute atomic E-state index is 0.0217. The van der Waals surface area contributed by atoms with E-state index in [1.807, 2.05) is 13.8 Å². The molecule has 25 heavy (non-hydrogen) atoms. The number of fused-ring (bicyclic) bond motifs is 1. The van der Waals surface area contributed by atoms with E-state index in [-0.39, 0.29) is 17.9 Å². The molecule has 2 N–H and O–H groups in total. The first-order valence-electron chi connectivity index (χ1n) is 8.07. The number of nitrogens with one attached hydrogen (secondary N) is 2. The normalized spacial score (nSPS) is 23.0. The molecule has 2 aliphatic heterocycles. The maximum atomic E-state index is 12.5. The Labute approximate surface area is 143 Å². The van der Waals surface area contributed by atoms with Crippen LogP contribution in [0.2, 0.25) is 0 Å². The minimum atomic E-state index is -0.617. The molecule has 1 unspecified atom stereocenters. The van der Waals surface area contributed by atoms with E-state index in [0.29, 0.717) is 30.0 Å². The van der Waals surface area contributed by atoms with Crippen molar-refractivity contribution in [3.05, 3.63) is 24.2 Å². The Morgan fingerprint density at radius 1 is 1.28 bits per heavy atom. The minimum Gasteiger partial charge on any atom is -0.337 e. The van der Waals surface area contributed by atoms with E-state index in [1.165, 1.54) is 0 Å². The van der Waals surface area contributed by atoms with Crippen molar-refractivity contribution in [2.45, 2.75) is 26.2 Å². The summed E-state index contributed by atoms with van der Waals surface area (Å²) in [5.74, 6) is -1.00. The molecular weight excluding hydrogens is 324 g/mol. The van der Waals surface area contributed by atoms with Crippen LogP contribution in [0, 0.1) is 5.41 Å². The number of rotatable bonds is 2. The number of hydrogen-bond donors (Lipinski definition) is 2. The Morgan fingerprint density at radius 3 is 2.76 bits per heavy atom. The quantitative estimate of drug-likeness (QED) is 0.822. The summed E-state index contributed by atoms with van der Waals surface area (Å²) in [6.07, 6.45) is 3.73. The fourth-order valence-electron chi connectivity index (χ4n) is 3.35. The van der Waals surface area contributed by atoms with Crippen molar-refractivity contribution < 1.29 is 14.4 Å². The molecule has 4 heterocycles. The van der Waals surface area contributed by atoms with Crippen LogP contribution in [0.25, 0.3) is 5.65 Å². The Bertz CT molecular complexity index is 902. The van der Waals surface area contributed by atoms with Gasteiger partial charge in [0, 0.05) is 31.9 Å². The Balaban J connectivity index is 1.79. The van der Waals surface area contributed by atoms with Crippen molar-refractivity contribution in [3.63, 3.8) is 0 Å². The number of carbonyl (C=O) groups is 3. The zero-order valence-electron chi connectivity index (χ0n) is 13.9. The number of carbonyl (C=O) groups excluding carboxylic acids is 3. The molecule has 1 atom stereocenters.